The van der Waals surface area contributed by atoms with Crippen LogP contribution < -0.4 is 15.4 Å². The number of amides is 2. The molecule has 0 saturated heterocycles. The summed E-state index contributed by atoms with van der Waals surface area (Å²) >= 11 is 0. The highest BCUT2D eigenvalue weighted by Crippen LogP contribution is 2.25. The average Bonchev–Trinajstić information content (AvgIpc) is 2.83. The van der Waals surface area contributed by atoms with Gasteiger partial charge in [-0.25, -0.2) is 0 Å². The lowest BCUT2D eigenvalue weighted by Crippen LogP contribution is -2.24. The Balaban J connectivity index is 1.55. The summed E-state index contributed by atoms with van der Waals surface area (Å²) in [6.07, 6.45) is 3.39. The van der Waals surface area contributed by atoms with Crippen LogP contribution in [0.4, 0.5) is 0 Å². The summed E-state index contributed by atoms with van der Waals surface area (Å²) in [7, 11) is 0. The third kappa shape index (κ3) is 6.22. The molecule has 3 aromatic carbocycles. The van der Waals surface area contributed by atoms with Gasteiger partial charge in [0.25, 0.3) is 11.8 Å². The number of carbonyl (C=O) groups excluding carboxylic acids is 2. The molecule has 1 aliphatic heterocycles. The minimum absolute atomic E-state index is 0.0467. The van der Waals surface area contributed by atoms with Gasteiger partial charge >= 0.3 is 0 Å². The van der Waals surface area contributed by atoms with Crippen LogP contribution in [-0.4, -0.2) is 25.0 Å². The van der Waals surface area contributed by atoms with E-state index in [1.165, 1.54) is 5.56 Å². The van der Waals surface area contributed by atoms with Crippen LogP contribution in [0.15, 0.2) is 66.7 Å². The maximum atomic E-state index is 12.8. The zero-order chi connectivity index (χ0) is 23.0. The molecular formula is C28H30N2O3. The van der Waals surface area contributed by atoms with Gasteiger partial charge in [0.05, 0.1) is 6.61 Å². The van der Waals surface area contributed by atoms with Gasteiger partial charge in [-0.1, -0.05) is 42.0 Å². The molecule has 0 radical (unpaired) electrons. The molecule has 5 heteroatoms. The van der Waals surface area contributed by atoms with Gasteiger partial charge < -0.3 is 15.4 Å². The van der Waals surface area contributed by atoms with Crippen LogP contribution in [0.1, 0.15) is 62.2 Å². The zero-order valence-corrected chi connectivity index (χ0v) is 19.0. The number of rotatable bonds is 3. The predicted molar refractivity (Wildman–Crippen MR) is 130 cm³/mol. The molecule has 0 atom stereocenters. The van der Waals surface area contributed by atoms with Gasteiger partial charge in [0.2, 0.25) is 0 Å². The van der Waals surface area contributed by atoms with E-state index in [0.29, 0.717) is 37.2 Å². The molecule has 2 N–H and O–H groups in total. The van der Waals surface area contributed by atoms with Crippen molar-refractivity contribution in [3.05, 3.63) is 100 Å². The van der Waals surface area contributed by atoms with Crippen molar-refractivity contribution in [3.8, 4) is 5.75 Å². The van der Waals surface area contributed by atoms with Crippen molar-refractivity contribution in [2.24, 2.45) is 0 Å². The van der Waals surface area contributed by atoms with E-state index in [1.54, 1.807) is 0 Å². The van der Waals surface area contributed by atoms with Crippen molar-refractivity contribution >= 4 is 11.8 Å². The molecule has 0 spiro atoms. The number of ether oxygens (including phenoxy) is 1. The number of hydrogen-bond donors (Lipinski definition) is 2. The molecule has 33 heavy (non-hydrogen) atoms. The standard InChI is InChI=1S/C28H30N2O3/c1-20-8-10-21(11-9-20)19-30-28(32)24-12-13-26-25(18-24)17-22-6-5-7-23(16-22)27(31)29-14-3-2-4-15-33-26/h5-13,16,18H,2-4,14-15,17,19H2,1H3,(H,29,31)(H,30,32). The molecule has 3 aromatic rings. The molecule has 1 heterocycles. The van der Waals surface area contributed by atoms with E-state index in [0.717, 1.165) is 41.7 Å². The molecule has 2 amide bonds. The third-order valence-electron chi connectivity index (χ3n) is 5.84. The maximum absolute atomic E-state index is 12.8. The van der Waals surface area contributed by atoms with E-state index in [1.807, 2.05) is 73.7 Å². The lowest BCUT2D eigenvalue weighted by molar-refractivity contribution is 0.0944. The first kappa shape index (κ1) is 22.6. The van der Waals surface area contributed by atoms with E-state index in [4.69, 9.17) is 4.74 Å². The highest BCUT2D eigenvalue weighted by molar-refractivity contribution is 5.95. The Bertz CT molecular complexity index is 1120. The van der Waals surface area contributed by atoms with E-state index < -0.39 is 0 Å². The maximum Gasteiger partial charge on any atom is 0.251 e. The van der Waals surface area contributed by atoms with Crippen molar-refractivity contribution in [1.82, 2.24) is 10.6 Å². The molecule has 0 aliphatic carbocycles. The van der Waals surface area contributed by atoms with Crippen molar-refractivity contribution < 1.29 is 14.3 Å². The number of fused-ring (bicyclic) bond motifs is 3. The summed E-state index contributed by atoms with van der Waals surface area (Å²) < 4.78 is 6.08. The topological polar surface area (TPSA) is 67.4 Å². The van der Waals surface area contributed by atoms with Gasteiger partial charge in [-0.3, -0.25) is 9.59 Å². The summed E-state index contributed by atoms with van der Waals surface area (Å²) in [5.41, 5.74) is 5.44. The first-order valence-electron chi connectivity index (χ1n) is 11.5. The minimum atomic E-state index is -0.120. The molecule has 0 saturated carbocycles. The summed E-state index contributed by atoms with van der Waals surface area (Å²) in [5.74, 6) is 0.623. The number of nitrogens with one attached hydrogen (secondary N) is 2. The van der Waals surface area contributed by atoms with Gasteiger partial charge in [0.15, 0.2) is 0 Å². The number of hydrogen-bond acceptors (Lipinski definition) is 3. The Kier molecular flexibility index (Phi) is 7.40. The number of aryl methyl sites for hydroxylation is 1. The molecule has 0 fully saturated rings. The Labute approximate surface area is 195 Å². The van der Waals surface area contributed by atoms with Gasteiger partial charge in [0.1, 0.15) is 5.75 Å². The molecule has 170 valence electrons. The normalized spacial score (nSPS) is 14.3. The molecule has 0 unspecified atom stereocenters. The lowest BCUT2D eigenvalue weighted by Gasteiger charge is -2.15. The quantitative estimate of drug-likeness (QED) is 0.612. The molecule has 1 aliphatic rings. The summed E-state index contributed by atoms with van der Waals surface area (Å²) in [6, 6.07) is 21.4. The fraction of sp³-hybridized carbons (Fsp3) is 0.286. The second kappa shape index (κ2) is 10.8. The largest absolute Gasteiger partial charge is 0.493 e. The van der Waals surface area contributed by atoms with Crippen LogP contribution in [0, 0.1) is 6.92 Å². The minimum Gasteiger partial charge on any atom is -0.493 e. The fourth-order valence-electron chi connectivity index (χ4n) is 3.92. The highest BCUT2D eigenvalue weighted by atomic mass is 16.5. The van der Waals surface area contributed by atoms with Gasteiger partial charge in [0, 0.05) is 30.6 Å². The third-order valence-corrected chi connectivity index (χ3v) is 5.84. The zero-order valence-electron chi connectivity index (χ0n) is 19.0. The van der Waals surface area contributed by atoms with Crippen LogP contribution in [0.2, 0.25) is 0 Å². The predicted octanol–water partition coefficient (Wildman–Crippen LogP) is 4.81. The number of carbonyl (C=O) groups is 2. The van der Waals surface area contributed by atoms with Crippen LogP contribution in [-0.2, 0) is 13.0 Å². The van der Waals surface area contributed by atoms with Crippen molar-refractivity contribution in [2.75, 3.05) is 13.2 Å². The Morgan fingerprint density at radius 1 is 1.00 bits per heavy atom. The molecular weight excluding hydrogens is 412 g/mol. The Hall–Kier alpha value is -3.60. The van der Waals surface area contributed by atoms with Crippen LogP contribution in [0.3, 0.4) is 0 Å². The molecule has 4 rings (SSSR count). The summed E-state index contributed by atoms with van der Waals surface area (Å²) in [5, 5.41) is 5.99. The Morgan fingerprint density at radius 3 is 2.70 bits per heavy atom. The van der Waals surface area contributed by atoms with E-state index in [9.17, 15) is 9.59 Å². The van der Waals surface area contributed by atoms with Crippen molar-refractivity contribution in [2.45, 2.75) is 39.2 Å². The van der Waals surface area contributed by atoms with E-state index >= 15 is 0 Å². The van der Waals surface area contributed by atoms with E-state index in [2.05, 4.69) is 10.6 Å². The van der Waals surface area contributed by atoms with Gasteiger partial charge in [-0.15, -0.1) is 0 Å². The average molecular weight is 443 g/mol. The molecule has 2 bridgehead atoms. The smallest absolute Gasteiger partial charge is 0.251 e. The summed E-state index contributed by atoms with van der Waals surface area (Å²) in [4.78, 5) is 25.3. The summed E-state index contributed by atoms with van der Waals surface area (Å²) in [6.45, 7) is 3.80. The second-order valence-electron chi connectivity index (χ2n) is 8.53. The Morgan fingerprint density at radius 2 is 1.85 bits per heavy atom. The van der Waals surface area contributed by atoms with Crippen LogP contribution in [0.25, 0.3) is 0 Å². The van der Waals surface area contributed by atoms with Gasteiger partial charge in [-0.2, -0.15) is 0 Å². The fourth-order valence-corrected chi connectivity index (χ4v) is 3.92. The van der Waals surface area contributed by atoms with Crippen LogP contribution >= 0.6 is 0 Å². The highest BCUT2D eigenvalue weighted by Gasteiger charge is 2.13. The molecule has 0 aromatic heterocycles. The lowest BCUT2D eigenvalue weighted by atomic mass is 9.99. The first-order valence-corrected chi connectivity index (χ1v) is 11.5. The second-order valence-corrected chi connectivity index (χ2v) is 8.53. The first-order chi connectivity index (χ1) is 16.1. The van der Waals surface area contributed by atoms with Crippen molar-refractivity contribution in [3.63, 3.8) is 0 Å². The van der Waals surface area contributed by atoms with Crippen molar-refractivity contribution in [1.29, 1.82) is 0 Å². The monoisotopic (exact) mass is 442 g/mol. The van der Waals surface area contributed by atoms with Crippen LogP contribution in [0.5, 0.6) is 5.75 Å². The van der Waals surface area contributed by atoms with Gasteiger partial charge in [-0.05, 0) is 73.2 Å². The van der Waals surface area contributed by atoms with E-state index in [-0.39, 0.29) is 11.8 Å². The SMILES string of the molecule is Cc1ccc(CNC(=O)c2ccc3c(c2)Cc2cccc(c2)C(=O)NCCCCCO3)cc1. The number of benzene rings is 3. The molecule has 5 nitrogen and oxygen atoms in total.